The number of hydrogen-bond donors (Lipinski definition) is 0. The van der Waals surface area contributed by atoms with Gasteiger partial charge in [0.05, 0.1) is 28.4 Å². The van der Waals surface area contributed by atoms with E-state index in [9.17, 15) is 18.0 Å². The van der Waals surface area contributed by atoms with Crippen LogP contribution in [0.5, 0.6) is 0 Å². The van der Waals surface area contributed by atoms with Crippen LogP contribution in [-0.4, -0.2) is 32.7 Å². The fraction of sp³-hybridized carbons (Fsp3) is 0.238. The molecule has 3 aromatic rings. The Labute approximate surface area is 168 Å². The predicted molar refractivity (Wildman–Crippen MR) is 105 cm³/mol. The summed E-state index contributed by atoms with van der Waals surface area (Å²) in [5.74, 6) is -1.66. The van der Waals surface area contributed by atoms with Crippen LogP contribution in [0.1, 0.15) is 40.3 Å². The molecule has 7 nitrogen and oxygen atoms in total. The maximum Gasteiger partial charge on any atom is 0.374 e. The third kappa shape index (κ3) is 4.17. The summed E-state index contributed by atoms with van der Waals surface area (Å²) >= 11 is 0. The smallest absolute Gasteiger partial charge is 0.374 e. The highest BCUT2D eigenvalue weighted by molar-refractivity contribution is 7.91. The molecule has 1 heterocycles. The van der Waals surface area contributed by atoms with E-state index in [0.717, 1.165) is 0 Å². The summed E-state index contributed by atoms with van der Waals surface area (Å²) in [4.78, 5) is 24.8. The molecule has 0 fully saturated rings. The van der Waals surface area contributed by atoms with E-state index in [1.807, 2.05) is 0 Å². The summed E-state index contributed by atoms with van der Waals surface area (Å²) in [6, 6.07) is 12.8. The predicted octanol–water partition coefficient (Wildman–Crippen LogP) is 3.76. The largest absolute Gasteiger partial charge is 0.460 e. The van der Waals surface area contributed by atoms with Gasteiger partial charge in [-0.3, -0.25) is 0 Å². The zero-order valence-corrected chi connectivity index (χ0v) is 16.8. The van der Waals surface area contributed by atoms with Gasteiger partial charge in [-0.05, 0) is 25.1 Å². The van der Waals surface area contributed by atoms with Gasteiger partial charge in [0.25, 0.3) is 0 Å². The van der Waals surface area contributed by atoms with Crippen molar-refractivity contribution in [2.45, 2.75) is 25.3 Å². The molecule has 152 valence electrons. The average Bonchev–Trinajstić information content (AvgIpc) is 3.11. The Balaban J connectivity index is 1.93. The Morgan fingerprint density at radius 1 is 0.931 bits per heavy atom. The number of hydrogen-bond acceptors (Lipinski definition) is 7. The average molecular weight is 416 g/mol. The van der Waals surface area contributed by atoms with Crippen LogP contribution in [0.15, 0.2) is 57.8 Å². The van der Waals surface area contributed by atoms with Crippen molar-refractivity contribution < 1.29 is 31.9 Å². The van der Waals surface area contributed by atoms with Gasteiger partial charge in [-0.25, -0.2) is 18.0 Å². The summed E-state index contributed by atoms with van der Waals surface area (Å²) < 4.78 is 40.5. The molecule has 0 spiro atoms. The van der Waals surface area contributed by atoms with Crippen LogP contribution >= 0.6 is 0 Å². The minimum absolute atomic E-state index is 0.0460. The lowest BCUT2D eigenvalue weighted by Crippen LogP contribution is -2.14. The molecule has 0 aliphatic heterocycles. The Morgan fingerprint density at radius 2 is 1.62 bits per heavy atom. The van der Waals surface area contributed by atoms with E-state index in [-0.39, 0.29) is 35.2 Å². The first kappa shape index (κ1) is 20.6. The summed E-state index contributed by atoms with van der Waals surface area (Å²) in [5.41, 5.74) is 0.763. The number of rotatable bonds is 7. The van der Waals surface area contributed by atoms with Crippen LogP contribution in [0.2, 0.25) is 0 Å². The molecular formula is C21H20O7S. The van der Waals surface area contributed by atoms with Crippen molar-refractivity contribution in [2.24, 2.45) is 0 Å². The van der Waals surface area contributed by atoms with Gasteiger partial charge < -0.3 is 13.9 Å². The van der Waals surface area contributed by atoms with Crippen LogP contribution in [0, 0.1) is 0 Å². The van der Waals surface area contributed by atoms with Gasteiger partial charge >= 0.3 is 11.9 Å². The molecule has 29 heavy (non-hydrogen) atoms. The fourth-order valence-corrected chi connectivity index (χ4v) is 3.96. The Hall–Kier alpha value is -3.13. The number of esters is 2. The molecule has 1 aromatic heterocycles. The molecule has 0 atom stereocenters. The second-order valence-corrected chi connectivity index (χ2v) is 8.35. The first-order valence-corrected chi connectivity index (χ1v) is 10.7. The molecule has 0 amide bonds. The van der Waals surface area contributed by atoms with Gasteiger partial charge in [0.15, 0.2) is 9.84 Å². The standard InChI is InChI=1S/C21H20O7S/c1-3-26-21(23)19-16(14-9-5-7-11-17(14)28-19)13-27-20(22)15-10-6-8-12-18(15)29(24,25)4-2/h5-12H,3-4,13H2,1-2H3. The summed E-state index contributed by atoms with van der Waals surface area (Å²) in [6.07, 6.45) is 0. The van der Waals surface area contributed by atoms with E-state index >= 15 is 0 Å². The highest BCUT2D eigenvalue weighted by Gasteiger charge is 2.25. The number of fused-ring (bicyclic) bond motifs is 1. The van der Waals surface area contributed by atoms with Crippen LogP contribution in [0.3, 0.4) is 0 Å². The third-order valence-electron chi connectivity index (χ3n) is 4.33. The van der Waals surface area contributed by atoms with Crippen LogP contribution < -0.4 is 0 Å². The summed E-state index contributed by atoms with van der Waals surface area (Å²) in [6.45, 7) is 3.06. The van der Waals surface area contributed by atoms with Gasteiger partial charge in [-0.2, -0.15) is 0 Å². The van der Waals surface area contributed by atoms with Gasteiger partial charge in [-0.15, -0.1) is 0 Å². The minimum Gasteiger partial charge on any atom is -0.460 e. The number of benzene rings is 2. The van der Waals surface area contributed by atoms with Crippen molar-refractivity contribution in [1.29, 1.82) is 0 Å². The molecule has 0 bridgehead atoms. The van der Waals surface area contributed by atoms with Crippen molar-refractivity contribution in [1.82, 2.24) is 0 Å². The molecule has 0 saturated carbocycles. The molecule has 0 N–H and O–H groups in total. The lowest BCUT2D eigenvalue weighted by molar-refractivity contribution is 0.0432. The van der Waals surface area contributed by atoms with Crippen molar-refractivity contribution in [3.05, 3.63) is 65.4 Å². The van der Waals surface area contributed by atoms with Gasteiger partial charge in [-0.1, -0.05) is 37.3 Å². The van der Waals surface area contributed by atoms with Crippen LogP contribution in [0.25, 0.3) is 11.0 Å². The molecule has 0 unspecified atom stereocenters. The molecule has 0 saturated heterocycles. The van der Waals surface area contributed by atoms with Gasteiger partial charge in [0.2, 0.25) is 5.76 Å². The fourth-order valence-electron chi connectivity index (χ4n) is 2.88. The first-order chi connectivity index (χ1) is 13.9. The third-order valence-corrected chi connectivity index (χ3v) is 6.11. The van der Waals surface area contributed by atoms with Gasteiger partial charge in [0.1, 0.15) is 12.2 Å². The lowest BCUT2D eigenvalue weighted by atomic mass is 10.1. The quantitative estimate of drug-likeness (QED) is 0.541. The molecule has 8 heteroatoms. The minimum atomic E-state index is -3.60. The summed E-state index contributed by atoms with van der Waals surface area (Å²) in [5, 5.41) is 0.609. The van der Waals surface area contributed by atoms with Crippen molar-refractivity contribution in [2.75, 3.05) is 12.4 Å². The number of carbonyl (C=O) groups excluding carboxylic acids is 2. The zero-order chi connectivity index (χ0) is 21.0. The van der Waals surface area contributed by atoms with Crippen LogP contribution in [0.4, 0.5) is 0 Å². The zero-order valence-electron chi connectivity index (χ0n) is 16.0. The molecule has 0 radical (unpaired) electrons. The van der Waals surface area contributed by atoms with E-state index in [1.54, 1.807) is 43.3 Å². The lowest BCUT2D eigenvalue weighted by Gasteiger charge is -2.10. The highest BCUT2D eigenvalue weighted by atomic mass is 32.2. The molecule has 0 aliphatic rings. The molecular weight excluding hydrogens is 396 g/mol. The Bertz CT molecular complexity index is 1160. The second kappa shape index (κ2) is 8.48. The van der Waals surface area contributed by atoms with Crippen molar-refractivity contribution >= 4 is 32.7 Å². The molecule has 2 aromatic carbocycles. The van der Waals surface area contributed by atoms with E-state index in [0.29, 0.717) is 16.5 Å². The van der Waals surface area contributed by atoms with Crippen molar-refractivity contribution in [3.63, 3.8) is 0 Å². The number of carbonyl (C=O) groups is 2. The maximum absolute atomic E-state index is 12.6. The van der Waals surface area contributed by atoms with E-state index < -0.39 is 21.8 Å². The summed E-state index contributed by atoms with van der Waals surface area (Å²) in [7, 11) is -3.60. The van der Waals surface area contributed by atoms with E-state index in [2.05, 4.69) is 0 Å². The maximum atomic E-state index is 12.6. The van der Waals surface area contributed by atoms with E-state index in [1.165, 1.54) is 19.1 Å². The topological polar surface area (TPSA) is 99.9 Å². The van der Waals surface area contributed by atoms with E-state index in [4.69, 9.17) is 13.9 Å². The SMILES string of the molecule is CCOC(=O)c1oc2ccccc2c1COC(=O)c1ccccc1S(=O)(=O)CC. The molecule has 3 rings (SSSR count). The molecule has 0 aliphatic carbocycles. The van der Waals surface area contributed by atoms with Gasteiger partial charge in [0, 0.05) is 5.39 Å². The monoisotopic (exact) mass is 416 g/mol. The Kier molecular flexibility index (Phi) is 6.03. The number of para-hydroxylation sites is 1. The number of ether oxygens (including phenoxy) is 2. The number of sulfone groups is 1. The van der Waals surface area contributed by atoms with Crippen LogP contribution in [-0.2, 0) is 25.9 Å². The highest BCUT2D eigenvalue weighted by Crippen LogP contribution is 2.28. The normalized spacial score (nSPS) is 11.4. The second-order valence-electron chi connectivity index (χ2n) is 6.10. The van der Waals surface area contributed by atoms with Crippen molar-refractivity contribution in [3.8, 4) is 0 Å². The Morgan fingerprint density at radius 3 is 2.34 bits per heavy atom. The number of furan rings is 1. The first-order valence-electron chi connectivity index (χ1n) is 9.05.